The van der Waals surface area contributed by atoms with E-state index in [4.69, 9.17) is 5.73 Å². The van der Waals surface area contributed by atoms with Gasteiger partial charge in [-0.25, -0.2) is 4.39 Å². The first-order valence-electron chi connectivity index (χ1n) is 6.96. The Labute approximate surface area is 115 Å². The summed E-state index contributed by atoms with van der Waals surface area (Å²) in [6, 6.07) is 5.60. The van der Waals surface area contributed by atoms with Crippen molar-refractivity contribution < 1.29 is 4.39 Å². The minimum atomic E-state index is -0.171. The van der Waals surface area contributed by atoms with Gasteiger partial charge in [-0.1, -0.05) is 6.07 Å². The molecule has 19 heavy (non-hydrogen) atoms. The van der Waals surface area contributed by atoms with Gasteiger partial charge >= 0.3 is 0 Å². The summed E-state index contributed by atoms with van der Waals surface area (Å²) in [4.78, 5) is 4.69. The van der Waals surface area contributed by atoms with Gasteiger partial charge in [-0.2, -0.15) is 0 Å². The maximum Gasteiger partial charge on any atom is 0.123 e. The van der Waals surface area contributed by atoms with Crippen LogP contribution in [0.3, 0.4) is 0 Å². The first-order chi connectivity index (χ1) is 9.10. The van der Waals surface area contributed by atoms with Gasteiger partial charge in [-0.15, -0.1) is 0 Å². The van der Waals surface area contributed by atoms with E-state index in [2.05, 4.69) is 23.9 Å². The third kappa shape index (κ3) is 3.75. The molecule has 1 aliphatic heterocycles. The Kier molecular flexibility index (Phi) is 4.91. The van der Waals surface area contributed by atoms with Gasteiger partial charge in [0.25, 0.3) is 0 Å². The highest BCUT2D eigenvalue weighted by Crippen LogP contribution is 2.19. The van der Waals surface area contributed by atoms with E-state index in [0.717, 1.165) is 30.8 Å². The summed E-state index contributed by atoms with van der Waals surface area (Å²) in [7, 11) is 4.28. The summed E-state index contributed by atoms with van der Waals surface area (Å²) < 4.78 is 13.3. The van der Waals surface area contributed by atoms with Crippen molar-refractivity contribution in [1.82, 2.24) is 9.80 Å². The summed E-state index contributed by atoms with van der Waals surface area (Å²) in [6.45, 7) is 3.43. The third-order valence-electron chi connectivity index (χ3n) is 4.07. The maximum absolute atomic E-state index is 13.3. The monoisotopic (exact) mass is 265 g/mol. The second-order valence-corrected chi connectivity index (χ2v) is 5.59. The molecule has 1 fully saturated rings. The molecule has 0 spiro atoms. The summed E-state index contributed by atoms with van der Waals surface area (Å²) in [5, 5.41) is 0. The average Bonchev–Trinajstić information content (AvgIpc) is 2.39. The second kappa shape index (κ2) is 6.46. The SMILES string of the molecule is CN(C)C1CCN(Cc2cc(F)ccc2CN)CC1. The molecule has 0 saturated carbocycles. The number of halogens is 1. The number of piperidine rings is 1. The van der Waals surface area contributed by atoms with E-state index < -0.39 is 0 Å². The fraction of sp³-hybridized carbons (Fsp3) is 0.600. The highest BCUT2D eigenvalue weighted by atomic mass is 19.1. The van der Waals surface area contributed by atoms with Crippen molar-refractivity contribution in [2.45, 2.75) is 32.0 Å². The van der Waals surface area contributed by atoms with Crippen LogP contribution in [0.2, 0.25) is 0 Å². The zero-order valence-corrected chi connectivity index (χ0v) is 11.9. The standard InChI is InChI=1S/C15H24FN3/c1-18(2)15-5-7-19(8-6-15)11-13-9-14(16)4-3-12(13)10-17/h3-4,9,15H,5-8,10-11,17H2,1-2H3. The quantitative estimate of drug-likeness (QED) is 0.901. The van der Waals surface area contributed by atoms with Gasteiger partial charge in [0.15, 0.2) is 0 Å². The topological polar surface area (TPSA) is 32.5 Å². The van der Waals surface area contributed by atoms with Crippen LogP contribution in [0.15, 0.2) is 18.2 Å². The number of nitrogens with two attached hydrogens (primary N) is 1. The Balaban J connectivity index is 1.97. The summed E-state index contributed by atoms with van der Waals surface area (Å²) in [6.07, 6.45) is 2.36. The van der Waals surface area contributed by atoms with E-state index in [1.165, 1.54) is 18.9 Å². The molecule has 1 aliphatic rings. The zero-order chi connectivity index (χ0) is 13.8. The molecule has 0 bridgehead atoms. The molecule has 0 aromatic heterocycles. The van der Waals surface area contributed by atoms with Crippen LogP contribution in [-0.4, -0.2) is 43.0 Å². The predicted molar refractivity (Wildman–Crippen MR) is 76.3 cm³/mol. The molecule has 1 heterocycles. The number of hydrogen-bond donors (Lipinski definition) is 1. The normalized spacial score (nSPS) is 18.2. The van der Waals surface area contributed by atoms with Crippen molar-refractivity contribution in [2.75, 3.05) is 27.2 Å². The van der Waals surface area contributed by atoms with Crippen LogP contribution in [-0.2, 0) is 13.1 Å². The lowest BCUT2D eigenvalue weighted by Gasteiger charge is -2.35. The average molecular weight is 265 g/mol. The maximum atomic E-state index is 13.3. The van der Waals surface area contributed by atoms with Gasteiger partial charge in [0.1, 0.15) is 5.82 Å². The molecule has 0 radical (unpaired) electrons. The van der Waals surface area contributed by atoms with Gasteiger partial charge < -0.3 is 10.6 Å². The van der Waals surface area contributed by atoms with Gasteiger partial charge in [0, 0.05) is 19.1 Å². The molecule has 2 rings (SSSR count). The van der Waals surface area contributed by atoms with Crippen molar-refractivity contribution in [3.8, 4) is 0 Å². The van der Waals surface area contributed by atoms with E-state index in [1.54, 1.807) is 12.1 Å². The van der Waals surface area contributed by atoms with Crippen LogP contribution in [0.25, 0.3) is 0 Å². The van der Waals surface area contributed by atoms with Crippen LogP contribution in [0, 0.1) is 5.82 Å². The number of nitrogens with zero attached hydrogens (tertiary/aromatic N) is 2. The van der Waals surface area contributed by atoms with Crippen molar-refractivity contribution >= 4 is 0 Å². The van der Waals surface area contributed by atoms with Crippen molar-refractivity contribution in [2.24, 2.45) is 5.73 Å². The lowest BCUT2D eigenvalue weighted by molar-refractivity contribution is 0.139. The molecule has 3 nitrogen and oxygen atoms in total. The summed E-state index contributed by atoms with van der Waals surface area (Å²) in [5.74, 6) is -0.171. The largest absolute Gasteiger partial charge is 0.326 e. The molecule has 1 aromatic carbocycles. The Hall–Kier alpha value is -0.970. The minimum Gasteiger partial charge on any atom is -0.326 e. The molecule has 0 amide bonds. The predicted octanol–water partition coefficient (Wildman–Crippen LogP) is 1.81. The Morgan fingerprint density at radius 2 is 1.95 bits per heavy atom. The fourth-order valence-electron chi connectivity index (χ4n) is 2.78. The minimum absolute atomic E-state index is 0.171. The van der Waals surface area contributed by atoms with Crippen molar-refractivity contribution in [1.29, 1.82) is 0 Å². The zero-order valence-electron chi connectivity index (χ0n) is 11.9. The van der Waals surface area contributed by atoms with Crippen LogP contribution in [0.1, 0.15) is 24.0 Å². The van der Waals surface area contributed by atoms with E-state index in [0.29, 0.717) is 12.6 Å². The van der Waals surface area contributed by atoms with Gasteiger partial charge in [0.2, 0.25) is 0 Å². The van der Waals surface area contributed by atoms with Gasteiger partial charge in [0.05, 0.1) is 0 Å². The molecule has 1 aromatic rings. The molecule has 0 atom stereocenters. The van der Waals surface area contributed by atoms with Crippen LogP contribution in [0.5, 0.6) is 0 Å². The first-order valence-corrected chi connectivity index (χ1v) is 6.96. The second-order valence-electron chi connectivity index (χ2n) is 5.59. The lowest BCUT2D eigenvalue weighted by atomic mass is 10.0. The number of hydrogen-bond acceptors (Lipinski definition) is 3. The molecule has 2 N–H and O–H groups in total. The highest BCUT2D eigenvalue weighted by Gasteiger charge is 2.21. The molecular formula is C15H24FN3. The van der Waals surface area contributed by atoms with Gasteiger partial charge in [-0.3, -0.25) is 4.90 Å². The van der Waals surface area contributed by atoms with E-state index in [1.807, 2.05) is 0 Å². The van der Waals surface area contributed by atoms with Crippen molar-refractivity contribution in [3.05, 3.63) is 35.1 Å². The molecule has 1 saturated heterocycles. The van der Waals surface area contributed by atoms with E-state index >= 15 is 0 Å². The van der Waals surface area contributed by atoms with Crippen LogP contribution < -0.4 is 5.73 Å². The first kappa shape index (κ1) is 14.4. The van der Waals surface area contributed by atoms with Crippen molar-refractivity contribution in [3.63, 3.8) is 0 Å². The molecule has 0 unspecified atom stereocenters. The molecular weight excluding hydrogens is 241 g/mol. The smallest absolute Gasteiger partial charge is 0.123 e. The summed E-state index contributed by atoms with van der Waals surface area (Å²) >= 11 is 0. The Morgan fingerprint density at radius 3 is 2.53 bits per heavy atom. The lowest BCUT2D eigenvalue weighted by Crippen LogP contribution is -2.41. The van der Waals surface area contributed by atoms with Gasteiger partial charge in [-0.05, 0) is 63.3 Å². The molecule has 0 aliphatic carbocycles. The Bertz CT molecular complexity index is 412. The summed E-state index contributed by atoms with van der Waals surface area (Å²) in [5.41, 5.74) is 7.81. The number of benzene rings is 1. The number of rotatable bonds is 4. The van der Waals surface area contributed by atoms with E-state index in [9.17, 15) is 4.39 Å². The van der Waals surface area contributed by atoms with Crippen LogP contribution in [0.4, 0.5) is 4.39 Å². The van der Waals surface area contributed by atoms with Crippen LogP contribution >= 0.6 is 0 Å². The Morgan fingerprint density at radius 1 is 1.26 bits per heavy atom. The molecule has 106 valence electrons. The van der Waals surface area contributed by atoms with E-state index in [-0.39, 0.29) is 5.82 Å². The molecule has 4 heteroatoms. The highest BCUT2D eigenvalue weighted by molar-refractivity contribution is 5.27. The fourth-order valence-corrected chi connectivity index (χ4v) is 2.78. The third-order valence-corrected chi connectivity index (χ3v) is 4.07. The number of likely N-dealkylation sites (tertiary alicyclic amines) is 1.